The Morgan fingerprint density at radius 1 is 1.00 bits per heavy atom. The van der Waals surface area contributed by atoms with Crippen molar-refractivity contribution in [1.29, 1.82) is 0 Å². The molecular weight excluding hydrogens is 176 g/mol. The van der Waals surface area contributed by atoms with Gasteiger partial charge in [-0.2, -0.15) is 0 Å². The first kappa shape index (κ1) is 14.9. The maximum Gasteiger partial charge on any atom is 0.327 e. The molecule has 0 spiro atoms. The number of hydrogen-bond donors (Lipinski definition) is 1. The SMILES string of the molecule is C/C=C/C(=O)O.CC.c1ccccc1. The molecule has 14 heavy (non-hydrogen) atoms. The monoisotopic (exact) mass is 194 g/mol. The van der Waals surface area contributed by atoms with Crippen LogP contribution in [-0.2, 0) is 4.79 Å². The van der Waals surface area contributed by atoms with Gasteiger partial charge in [0.15, 0.2) is 0 Å². The van der Waals surface area contributed by atoms with Crippen LogP contribution in [0, 0.1) is 0 Å². The molecule has 0 aromatic heterocycles. The van der Waals surface area contributed by atoms with Crippen molar-refractivity contribution in [2.24, 2.45) is 0 Å². The molecule has 1 rings (SSSR count). The zero-order valence-electron chi connectivity index (χ0n) is 8.97. The van der Waals surface area contributed by atoms with Crippen molar-refractivity contribution in [3.05, 3.63) is 48.6 Å². The summed E-state index contributed by atoms with van der Waals surface area (Å²) in [5.41, 5.74) is 0. The second-order valence-electron chi connectivity index (χ2n) is 1.99. The van der Waals surface area contributed by atoms with E-state index >= 15 is 0 Å². The number of hydrogen-bond acceptors (Lipinski definition) is 1. The molecule has 0 atom stereocenters. The largest absolute Gasteiger partial charge is 0.478 e. The van der Waals surface area contributed by atoms with Crippen molar-refractivity contribution in [1.82, 2.24) is 0 Å². The first-order chi connectivity index (χ1) is 6.77. The molecule has 0 amide bonds. The predicted octanol–water partition coefficient (Wildman–Crippen LogP) is 3.36. The van der Waals surface area contributed by atoms with Crippen LogP contribution >= 0.6 is 0 Å². The summed E-state index contributed by atoms with van der Waals surface area (Å²) in [6, 6.07) is 12.0. The number of allylic oxidation sites excluding steroid dienone is 1. The summed E-state index contributed by atoms with van der Waals surface area (Å²) in [6.07, 6.45) is 2.56. The lowest BCUT2D eigenvalue weighted by atomic mass is 10.4. The zero-order valence-corrected chi connectivity index (χ0v) is 8.97. The van der Waals surface area contributed by atoms with E-state index in [1.807, 2.05) is 50.2 Å². The Hall–Kier alpha value is -1.57. The molecule has 0 saturated carbocycles. The van der Waals surface area contributed by atoms with Crippen molar-refractivity contribution in [2.75, 3.05) is 0 Å². The molecule has 0 fully saturated rings. The van der Waals surface area contributed by atoms with E-state index in [9.17, 15) is 4.79 Å². The van der Waals surface area contributed by atoms with Gasteiger partial charge in [-0.1, -0.05) is 56.3 Å². The third-order valence-electron chi connectivity index (χ3n) is 0.976. The smallest absolute Gasteiger partial charge is 0.327 e. The van der Waals surface area contributed by atoms with Crippen LogP contribution in [0.2, 0.25) is 0 Å². The van der Waals surface area contributed by atoms with Gasteiger partial charge in [-0.15, -0.1) is 0 Å². The first-order valence-electron chi connectivity index (χ1n) is 4.63. The molecule has 0 aliphatic rings. The minimum Gasteiger partial charge on any atom is -0.478 e. The average Bonchev–Trinajstić information content (AvgIpc) is 2.24. The number of carboxylic acid groups (broad SMARTS) is 1. The molecule has 0 radical (unpaired) electrons. The van der Waals surface area contributed by atoms with E-state index in [-0.39, 0.29) is 0 Å². The van der Waals surface area contributed by atoms with Gasteiger partial charge in [0.1, 0.15) is 0 Å². The summed E-state index contributed by atoms with van der Waals surface area (Å²) in [5.74, 6) is -0.891. The summed E-state index contributed by atoms with van der Waals surface area (Å²) in [5, 5.41) is 7.83. The van der Waals surface area contributed by atoms with E-state index in [0.717, 1.165) is 6.08 Å². The molecule has 1 N–H and O–H groups in total. The maximum absolute atomic E-state index is 9.51. The lowest BCUT2D eigenvalue weighted by molar-refractivity contribution is -0.131. The van der Waals surface area contributed by atoms with Crippen LogP contribution < -0.4 is 0 Å². The first-order valence-corrected chi connectivity index (χ1v) is 4.63. The predicted molar refractivity (Wildman–Crippen MR) is 60.2 cm³/mol. The highest BCUT2D eigenvalue weighted by atomic mass is 16.4. The van der Waals surface area contributed by atoms with Crippen LogP contribution in [0.3, 0.4) is 0 Å². The molecule has 0 heterocycles. The van der Waals surface area contributed by atoms with Crippen molar-refractivity contribution in [3.8, 4) is 0 Å². The molecule has 1 aromatic rings. The van der Waals surface area contributed by atoms with Gasteiger partial charge in [-0.3, -0.25) is 0 Å². The third kappa shape index (κ3) is 16.8. The highest BCUT2D eigenvalue weighted by molar-refractivity contribution is 5.79. The van der Waals surface area contributed by atoms with Gasteiger partial charge in [-0.05, 0) is 6.92 Å². The number of carboxylic acids is 1. The fourth-order valence-corrected chi connectivity index (χ4v) is 0.527. The Morgan fingerprint density at radius 2 is 1.29 bits per heavy atom. The second-order valence-corrected chi connectivity index (χ2v) is 1.99. The summed E-state index contributed by atoms with van der Waals surface area (Å²) in [7, 11) is 0. The number of carbonyl (C=O) groups is 1. The lowest BCUT2D eigenvalue weighted by Gasteiger charge is -1.69. The molecule has 0 unspecified atom stereocenters. The van der Waals surface area contributed by atoms with Crippen LogP contribution in [0.15, 0.2) is 48.6 Å². The highest BCUT2D eigenvalue weighted by Crippen LogP contribution is 1.79. The Kier molecular flexibility index (Phi) is 14.9. The average molecular weight is 194 g/mol. The summed E-state index contributed by atoms with van der Waals surface area (Å²) in [6.45, 7) is 5.66. The highest BCUT2D eigenvalue weighted by Gasteiger charge is 1.76. The quantitative estimate of drug-likeness (QED) is 0.696. The standard InChI is InChI=1S/C6H6.C4H6O2.C2H6/c1-2-4-6-5-3-1;1-2-3-4(5)6;1-2/h1-6H;2-3H,1H3,(H,5,6);1-2H3/b;3-2+;. The van der Waals surface area contributed by atoms with Crippen molar-refractivity contribution >= 4 is 5.97 Å². The molecule has 1 aromatic carbocycles. The molecule has 0 aliphatic carbocycles. The summed E-state index contributed by atoms with van der Waals surface area (Å²) >= 11 is 0. The Morgan fingerprint density at radius 3 is 1.36 bits per heavy atom. The van der Waals surface area contributed by atoms with E-state index < -0.39 is 5.97 Å². The van der Waals surface area contributed by atoms with E-state index in [0.29, 0.717) is 0 Å². The normalized spacial score (nSPS) is 7.93. The molecule has 78 valence electrons. The zero-order chi connectivity index (χ0) is 11.2. The summed E-state index contributed by atoms with van der Waals surface area (Å²) in [4.78, 5) is 9.51. The van der Waals surface area contributed by atoms with Crippen LogP contribution in [0.25, 0.3) is 0 Å². The topological polar surface area (TPSA) is 37.3 Å². The van der Waals surface area contributed by atoms with E-state index in [1.165, 1.54) is 6.08 Å². The van der Waals surface area contributed by atoms with Crippen LogP contribution in [0.1, 0.15) is 20.8 Å². The summed E-state index contributed by atoms with van der Waals surface area (Å²) < 4.78 is 0. The van der Waals surface area contributed by atoms with Gasteiger partial charge >= 0.3 is 5.97 Å². The van der Waals surface area contributed by atoms with Crippen molar-refractivity contribution in [3.63, 3.8) is 0 Å². The van der Waals surface area contributed by atoms with Gasteiger partial charge in [0.2, 0.25) is 0 Å². The van der Waals surface area contributed by atoms with Crippen LogP contribution in [0.5, 0.6) is 0 Å². The minimum atomic E-state index is -0.891. The molecule has 0 aliphatic heterocycles. The molecule has 2 nitrogen and oxygen atoms in total. The fraction of sp³-hybridized carbons (Fsp3) is 0.250. The number of aliphatic carboxylic acids is 1. The van der Waals surface area contributed by atoms with Gasteiger partial charge in [0.25, 0.3) is 0 Å². The Bertz CT molecular complexity index is 201. The maximum atomic E-state index is 9.51. The third-order valence-corrected chi connectivity index (χ3v) is 0.976. The van der Waals surface area contributed by atoms with Crippen LogP contribution in [0.4, 0.5) is 0 Å². The molecular formula is C12H18O2. The Labute approximate surface area is 85.9 Å². The van der Waals surface area contributed by atoms with E-state index in [4.69, 9.17) is 5.11 Å². The number of benzene rings is 1. The number of rotatable bonds is 1. The van der Waals surface area contributed by atoms with E-state index in [2.05, 4.69) is 0 Å². The molecule has 2 heteroatoms. The second kappa shape index (κ2) is 14.0. The van der Waals surface area contributed by atoms with E-state index in [1.54, 1.807) is 6.92 Å². The lowest BCUT2D eigenvalue weighted by Crippen LogP contribution is -1.83. The van der Waals surface area contributed by atoms with Crippen LogP contribution in [-0.4, -0.2) is 11.1 Å². The van der Waals surface area contributed by atoms with Gasteiger partial charge in [0, 0.05) is 6.08 Å². The Balaban J connectivity index is 0. The van der Waals surface area contributed by atoms with Gasteiger partial charge < -0.3 is 5.11 Å². The van der Waals surface area contributed by atoms with Gasteiger partial charge in [0.05, 0.1) is 0 Å². The fourth-order valence-electron chi connectivity index (χ4n) is 0.527. The minimum absolute atomic E-state index is 0.891. The molecule has 0 saturated heterocycles. The molecule has 0 bridgehead atoms. The van der Waals surface area contributed by atoms with Gasteiger partial charge in [-0.25, -0.2) is 4.79 Å². The van der Waals surface area contributed by atoms with Crippen molar-refractivity contribution < 1.29 is 9.90 Å². The van der Waals surface area contributed by atoms with Crippen molar-refractivity contribution in [2.45, 2.75) is 20.8 Å².